The second-order valence-electron chi connectivity index (χ2n) is 4.59. The summed E-state index contributed by atoms with van der Waals surface area (Å²) in [6.07, 6.45) is 8.37. The summed E-state index contributed by atoms with van der Waals surface area (Å²) in [5.74, 6) is -2.35. The first-order chi connectivity index (χ1) is 9.52. The summed E-state index contributed by atoms with van der Waals surface area (Å²) in [6, 6.07) is 0. The van der Waals surface area contributed by atoms with Crippen molar-refractivity contribution in [2.45, 2.75) is 58.0 Å². The van der Waals surface area contributed by atoms with Gasteiger partial charge in [0.25, 0.3) is 5.78 Å². The molecule has 1 unspecified atom stereocenters. The summed E-state index contributed by atoms with van der Waals surface area (Å²) in [5, 5.41) is 18.2. The van der Waals surface area contributed by atoms with Gasteiger partial charge in [-0.15, -0.1) is 0 Å². The Bertz CT molecular complexity index is 398. The number of Topliss-reactive ketones (excluding diaryl/α,β-unsaturated/α-hetero) is 1. The fourth-order valence-corrected chi connectivity index (χ4v) is 1.68. The standard InChI is InChI=1S/C14H22N2O4/c1-2-3-4-5-6-7-8-9-11(17)10-12(18)13(16-15)14(19)20/h6-7,11,15,17H,2-5,8-10H2,1H3/p+1. The number of rotatable bonds is 11. The number of carboxylic acids is 1. The minimum absolute atomic E-state index is 0.312. The highest BCUT2D eigenvalue weighted by atomic mass is 16.4. The molecule has 0 radical (unpaired) electrons. The largest absolute Gasteiger partial charge is 0.490 e. The first kappa shape index (κ1) is 18.2. The Morgan fingerprint density at radius 1 is 1.25 bits per heavy atom. The fraction of sp³-hybridized carbons (Fsp3) is 0.643. The highest BCUT2D eigenvalue weighted by molar-refractivity contribution is 6.61. The van der Waals surface area contributed by atoms with Gasteiger partial charge in [-0.1, -0.05) is 31.9 Å². The average Bonchev–Trinajstić information content (AvgIpc) is 2.37. The van der Waals surface area contributed by atoms with E-state index >= 15 is 0 Å². The van der Waals surface area contributed by atoms with Gasteiger partial charge in [-0.2, -0.15) is 0 Å². The molecule has 0 fully saturated rings. The second kappa shape index (κ2) is 11.1. The predicted octanol–water partition coefficient (Wildman–Crippen LogP) is 1.99. The molecule has 112 valence electrons. The summed E-state index contributed by atoms with van der Waals surface area (Å²) >= 11 is 0. The maximum absolute atomic E-state index is 11.4. The lowest BCUT2D eigenvalue weighted by Crippen LogP contribution is -2.28. The minimum atomic E-state index is -1.53. The number of carbonyl (C=O) groups excluding carboxylic acids is 1. The molecule has 0 bridgehead atoms. The Morgan fingerprint density at radius 2 is 1.90 bits per heavy atom. The van der Waals surface area contributed by atoms with Gasteiger partial charge in [-0.25, -0.2) is 4.79 Å². The number of nitrogens with one attached hydrogen (secondary N) is 1. The summed E-state index contributed by atoms with van der Waals surface area (Å²) in [5.41, 5.74) is 5.77. The van der Waals surface area contributed by atoms with Crippen LogP contribution in [0.5, 0.6) is 0 Å². The van der Waals surface area contributed by atoms with Crippen LogP contribution in [0.15, 0.2) is 12.2 Å². The minimum Gasteiger partial charge on any atom is -0.472 e. The van der Waals surface area contributed by atoms with Gasteiger partial charge >= 0.3 is 11.7 Å². The zero-order chi connectivity index (χ0) is 15.4. The number of allylic oxidation sites excluding steroid dienone is 2. The Balaban J connectivity index is 3.94. The van der Waals surface area contributed by atoms with E-state index in [0.717, 1.165) is 12.8 Å². The number of unbranched alkanes of at least 4 members (excludes halogenated alkanes) is 3. The van der Waals surface area contributed by atoms with Gasteiger partial charge in [-0.05, 0) is 25.7 Å². The molecule has 0 rings (SSSR count). The lowest BCUT2D eigenvalue weighted by atomic mass is 10.0. The van der Waals surface area contributed by atoms with E-state index in [1.165, 1.54) is 12.8 Å². The van der Waals surface area contributed by atoms with E-state index in [-0.39, 0.29) is 6.42 Å². The lowest BCUT2D eigenvalue weighted by Gasteiger charge is -2.04. The third-order valence-electron chi connectivity index (χ3n) is 2.81. The van der Waals surface area contributed by atoms with Crippen molar-refractivity contribution >= 4 is 17.5 Å². The summed E-state index contributed by atoms with van der Waals surface area (Å²) in [6.45, 7) is 2.14. The van der Waals surface area contributed by atoms with Gasteiger partial charge in [0.05, 0.1) is 16.4 Å². The van der Waals surface area contributed by atoms with Crippen LogP contribution in [0.2, 0.25) is 0 Å². The molecule has 0 aliphatic carbocycles. The quantitative estimate of drug-likeness (QED) is 0.134. The number of nitrogens with zero attached hydrogens (tertiary/aromatic N) is 1. The van der Waals surface area contributed by atoms with Crippen molar-refractivity contribution in [2.75, 3.05) is 0 Å². The van der Waals surface area contributed by atoms with Crippen molar-refractivity contribution in [2.24, 2.45) is 0 Å². The number of carbonyl (C=O) groups is 2. The third-order valence-corrected chi connectivity index (χ3v) is 2.81. The van der Waals surface area contributed by atoms with Crippen LogP contribution >= 0.6 is 0 Å². The SMILES string of the molecule is CCCCCC=CCCC(O)CC(=O)C(=[N+]=N)C(=O)O. The van der Waals surface area contributed by atoms with E-state index in [9.17, 15) is 14.7 Å². The lowest BCUT2D eigenvalue weighted by molar-refractivity contribution is -0.153. The number of aliphatic carboxylic acids is 1. The predicted molar refractivity (Wildman–Crippen MR) is 73.8 cm³/mol. The third kappa shape index (κ3) is 8.34. The molecule has 0 amide bonds. The number of hydrogen-bond acceptors (Lipinski definition) is 4. The van der Waals surface area contributed by atoms with Crippen LogP contribution in [0.1, 0.15) is 51.9 Å². The maximum atomic E-state index is 11.4. The van der Waals surface area contributed by atoms with E-state index in [4.69, 9.17) is 10.6 Å². The molecule has 6 nitrogen and oxygen atoms in total. The smallest absolute Gasteiger partial charge is 0.472 e. The van der Waals surface area contributed by atoms with Gasteiger partial charge in [-0.3, -0.25) is 4.79 Å². The Labute approximate surface area is 118 Å². The van der Waals surface area contributed by atoms with Crippen LogP contribution in [0.3, 0.4) is 0 Å². The summed E-state index contributed by atoms with van der Waals surface area (Å²) in [4.78, 5) is 24.7. The first-order valence-electron chi connectivity index (χ1n) is 6.86. The van der Waals surface area contributed by atoms with Crippen LogP contribution in [-0.2, 0) is 9.59 Å². The van der Waals surface area contributed by atoms with Crippen molar-refractivity contribution in [3.63, 3.8) is 0 Å². The van der Waals surface area contributed by atoms with Crippen molar-refractivity contribution < 1.29 is 24.6 Å². The molecule has 0 heterocycles. The Kier molecular flexibility index (Phi) is 10.1. The van der Waals surface area contributed by atoms with Crippen LogP contribution in [0.25, 0.3) is 0 Å². The summed E-state index contributed by atoms with van der Waals surface area (Å²) in [7, 11) is 0. The topological polar surface area (TPSA) is 113 Å². The number of aliphatic hydroxyl groups is 1. The van der Waals surface area contributed by atoms with E-state index in [2.05, 4.69) is 17.8 Å². The zero-order valence-corrected chi connectivity index (χ0v) is 11.8. The Morgan fingerprint density at radius 3 is 2.45 bits per heavy atom. The molecule has 0 spiro atoms. The number of carboxylic acid groups (broad SMARTS) is 1. The number of hydrogen-bond donors (Lipinski definition) is 3. The maximum Gasteiger partial charge on any atom is 0.490 e. The van der Waals surface area contributed by atoms with Crippen LogP contribution in [0, 0.1) is 5.53 Å². The number of aliphatic hydroxyl groups excluding tert-OH is 1. The van der Waals surface area contributed by atoms with Gasteiger partial charge < -0.3 is 10.2 Å². The second-order valence-corrected chi connectivity index (χ2v) is 4.59. The monoisotopic (exact) mass is 283 g/mol. The van der Waals surface area contributed by atoms with E-state index < -0.39 is 23.6 Å². The average molecular weight is 283 g/mol. The molecule has 0 saturated carbocycles. The fourth-order valence-electron chi connectivity index (χ4n) is 1.68. The van der Waals surface area contributed by atoms with Gasteiger partial charge in [0, 0.05) is 6.42 Å². The van der Waals surface area contributed by atoms with Crippen LogP contribution < -0.4 is 0 Å². The van der Waals surface area contributed by atoms with Gasteiger partial charge in [0.2, 0.25) is 0 Å². The van der Waals surface area contributed by atoms with E-state index in [1.807, 2.05) is 6.08 Å². The molecule has 0 aliphatic heterocycles. The normalized spacial score (nSPS) is 12.1. The van der Waals surface area contributed by atoms with Crippen molar-refractivity contribution in [3.8, 4) is 0 Å². The van der Waals surface area contributed by atoms with Crippen molar-refractivity contribution in [1.82, 2.24) is 0 Å². The highest BCUT2D eigenvalue weighted by Gasteiger charge is 2.32. The van der Waals surface area contributed by atoms with Crippen LogP contribution in [0.4, 0.5) is 0 Å². The molecule has 0 aliphatic rings. The van der Waals surface area contributed by atoms with E-state index in [0.29, 0.717) is 12.8 Å². The van der Waals surface area contributed by atoms with Crippen LogP contribution in [-0.4, -0.2) is 38.6 Å². The van der Waals surface area contributed by atoms with E-state index in [1.54, 1.807) is 0 Å². The molecule has 0 aromatic heterocycles. The zero-order valence-electron chi connectivity index (χ0n) is 11.8. The van der Waals surface area contributed by atoms with Gasteiger partial charge in [0.15, 0.2) is 0 Å². The first-order valence-corrected chi connectivity index (χ1v) is 6.86. The molecule has 6 heteroatoms. The van der Waals surface area contributed by atoms with Gasteiger partial charge in [0.1, 0.15) is 0 Å². The molecule has 1 atom stereocenters. The molecule has 3 N–H and O–H groups in total. The molecule has 0 aromatic rings. The molecular weight excluding hydrogens is 260 g/mol. The Hall–Kier alpha value is -1.78. The molecular formula is C14H23N2O4+. The van der Waals surface area contributed by atoms with Crippen molar-refractivity contribution in [3.05, 3.63) is 12.2 Å². The number of ketones is 1. The van der Waals surface area contributed by atoms with Crippen molar-refractivity contribution in [1.29, 1.82) is 5.53 Å². The molecule has 20 heavy (non-hydrogen) atoms. The highest BCUT2D eigenvalue weighted by Crippen LogP contribution is 2.06. The molecule has 0 saturated heterocycles. The molecule has 0 aromatic carbocycles. The summed E-state index contributed by atoms with van der Waals surface area (Å²) < 4.78 is 0.